The molecule has 9 nitrogen and oxygen atoms in total. The molecule has 0 aliphatic carbocycles. The van der Waals surface area contributed by atoms with E-state index in [2.05, 4.69) is 9.62 Å². The number of hydrogen-bond donors (Lipinski definition) is 1. The predicted molar refractivity (Wildman–Crippen MR) is 134 cm³/mol. The van der Waals surface area contributed by atoms with Crippen LogP contribution in [-0.2, 0) is 21.3 Å². The zero-order valence-electron chi connectivity index (χ0n) is 19.9. The molecule has 10 heteroatoms. The summed E-state index contributed by atoms with van der Waals surface area (Å²) in [4.78, 5) is 30.0. The number of rotatable bonds is 8. The molecule has 2 amide bonds. The molecular formula is C26H27N3O6S. The molecule has 0 unspecified atom stereocenters. The van der Waals surface area contributed by atoms with Crippen molar-refractivity contribution in [2.45, 2.75) is 11.4 Å². The monoisotopic (exact) mass is 509 g/mol. The van der Waals surface area contributed by atoms with Gasteiger partial charge in [-0.15, -0.1) is 0 Å². The normalized spacial score (nSPS) is 16.5. The molecule has 5 rings (SSSR count). The summed E-state index contributed by atoms with van der Waals surface area (Å²) in [6.45, 7) is 3.69. The largest absolute Gasteiger partial charge is 0.497 e. The molecule has 2 heterocycles. The fourth-order valence-electron chi connectivity index (χ4n) is 4.62. The van der Waals surface area contributed by atoms with Crippen LogP contribution in [0.15, 0.2) is 59.5 Å². The van der Waals surface area contributed by atoms with Crippen molar-refractivity contribution >= 4 is 32.6 Å². The molecule has 2 aliphatic heterocycles. The summed E-state index contributed by atoms with van der Waals surface area (Å²) in [5, 5.41) is 0.726. The number of carbonyl (C=O) groups excluding carboxylic acids is 2. The van der Waals surface area contributed by atoms with E-state index in [1.54, 1.807) is 49.6 Å². The molecule has 1 saturated heterocycles. The van der Waals surface area contributed by atoms with Crippen LogP contribution >= 0.6 is 0 Å². The van der Waals surface area contributed by atoms with Crippen LogP contribution < -0.4 is 9.46 Å². The minimum Gasteiger partial charge on any atom is -0.497 e. The zero-order chi connectivity index (χ0) is 25.3. The first-order chi connectivity index (χ1) is 17.4. The third-order valence-corrected chi connectivity index (χ3v) is 8.07. The van der Waals surface area contributed by atoms with Gasteiger partial charge in [0.1, 0.15) is 5.75 Å². The second-order valence-corrected chi connectivity index (χ2v) is 10.5. The molecule has 0 aromatic heterocycles. The van der Waals surface area contributed by atoms with Gasteiger partial charge < -0.3 is 9.47 Å². The van der Waals surface area contributed by atoms with E-state index in [-0.39, 0.29) is 18.0 Å². The number of benzene rings is 3. The Morgan fingerprint density at radius 3 is 2.31 bits per heavy atom. The van der Waals surface area contributed by atoms with Crippen LogP contribution in [0.25, 0.3) is 10.8 Å². The number of ether oxygens (including phenoxy) is 2. The molecule has 3 aromatic rings. The highest BCUT2D eigenvalue weighted by Gasteiger charge is 2.34. The van der Waals surface area contributed by atoms with Gasteiger partial charge in [-0.1, -0.05) is 24.3 Å². The van der Waals surface area contributed by atoms with E-state index in [1.807, 2.05) is 0 Å². The van der Waals surface area contributed by atoms with Crippen molar-refractivity contribution in [1.29, 1.82) is 0 Å². The quantitative estimate of drug-likeness (QED) is 0.465. The van der Waals surface area contributed by atoms with Crippen LogP contribution in [0.1, 0.15) is 26.3 Å². The lowest BCUT2D eigenvalue weighted by Gasteiger charge is -2.31. The average Bonchev–Trinajstić information content (AvgIpc) is 2.91. The van der Waals surface area contributed by atoms with E-state index in [1.165, 1.54) is 17.0 Å². The van der Waals surface area contributed by atoms with Gasteiger partial charge in [0, 0.05) is 54.6 Å². The van der Waals surface area contributed by atoms with Gasteiger partial charge in [0.25, 0.3) is 11.8 Å². The lowest BCUT2D eigenvalue weighted by Crippen LogP contribution is -2.46. The van der Waals surface area contributed by atoms with Gasteiger partial charge in [-0.25, -0.2) is 13.1 Å². The Kier molecular flexibility index (Phi) is 6.76. The molecule has 36 heavy (non-hydrogen) atoms. The highest BCUT2D eigenvalue weighted by atomic mass is 32.2. The van der Waals surface area contributed by atoms with Crippen molar-refractivity contribution in [3.05, 3.63) is 71.3 Å². The SMILES string of the molecule is COc1ccc(CNS(=O)(=O)c2ccc3c4c(cccc24)C(=O)N(CCN2CCOCC2)C3=O)cc1. The van der Waals surface area contributed by atoms with Gasteiger partial charge in [-0.05, 0) is 35.9 Å². The minimum absolute atomic E-state index is 0.0268. The highest BCUT2D eigenvalue weighted by molar-refractivity contribution is 7.89. The lowest BCUT2D eigenvalue weighted by atomic mass is 9.94. The predicted octanol–water partition coefficient (Wildman–Crippen LogP) is 2.26. The van der Waals surface area contributed by atoms with Crippen molar-refractivity contribution in [3.8, 4) is 5.75 Å². The van der Waals surface area contributed by atoms with Crippen LogP contribution in [0.3, 0.4) is 0 Å². The summed E-state index contributed by atoms with van der Waals surface area (Å²) < 4.78 is 39.6. The Bertz CT molecular complexity index is 1390. The van der Waals surface area contributed by atoms with E-state index in [9.17, 15) is 18.0 Å². The molecule has 0 atom stereocenters. The summed E-state index contributed by atoms with van der Waals surface area (Å²) in [7, 11) is -2.36. The van der Waals surface area contributed by atoms with Gasteiger partial charge in [-0.3, -0.25) is 19.4 Å². The Hall–Kier alpha value is -3.31. The Morgan fingerprint density at radius 2 is 1.61 bits per heavy atom. The van der Waals surface area contributed by atoms with Crippen molar-refractivity contribution in [2.75, 3.05) is 46.5 Å². The van der Waals surface area contributed by atoms with E-state index in [0.29, 0.717) is 47.4 Å². The number of nitrogens with one attached hydrogen (secondary N) is 1. The first-order valence-electron chi connectivity index (χ1n) is 11.7. The summed E-state index contributed by atoms with van der Waals surface area (Å²) in [6.07, 6.45) is 0. The highest BCUT2D eigenvalue weighted by Crippen LogP contribution is 2.34. The van der Waals surface area contributed by atoms with Crippen LogP contribution in [0.4, 0.5) is 0 Å². The standard InChI is InChI=1S/C26H27N3O6S/c1-34-19-7-5-18(6-8-19)17-27-36(32,33)23-10-9-22-24-20(23)3-2-4-21(24)25(30)29(26(22)31)12-11-28-13-15-35-16-14-28/h2-10,27H,11-17H2,1H3. The molecule has 0 spiro atoms. The minimum atomic E-state index is -3.93. The summed E-state index contributed by atoms with van der Waals surface area (Å²) in [5.74, 6) is -0.141. The molecule has 2 aliphatic rings. The molecule has 0 bridgehead atoms. The molecule has 0 radical (unpaired) electrons. The Balaban J connectivity index is 1.42. The third-order valence-electron chi connectivity index (χ3n) is 6.61. The topological polar surface area (TPSA) is 105 Å². The number of nitrogens with zero attached hydrogens (tertiary/aromatic N) is 2. The van der Waals surface area contributed by atoms with Crippen molar-refractivity contribution < 1.29 is 27.5 Å². The maximum absolute atomic E-state index is 13.3. The van der Waals surface area contributed by atoms with Gasteiger partial charge in [0.2, 0.25) is 10.0 Å². The van der Waals surface area contributed by atoms with Gasteiger partial charge in [0.15, 0.2) is 0 Å². The van der Waals surface area contributed by atoms with Gasteiger partial charge in [-0.2, -0.15) is 0 Å². The molecule has 1 fully saturated rings. The van der Waals surface area contributed by atoms with Crippen LogP contribution in [-0.4, -0.2) is 76.5 Å². The average molecular weight is 510 g/mol. The molecule has 188 valence electrons. The zero-order valence-corrected chi connectivity index (χ0v) is 20.7. The first-order valence-corrected chi connectivity index (χ1v) is 13.2. The van der Waals surface area contributed by atoms with Crippen molar-refractivity contribution in [2.24, 2.45) is 0 Å². The first kappa shape index (κ1) is 24.4. The fraction of sp³-hybridized carbons (Fsp3) is 0.308. The lowest BCUT2D eigenvalue weighted by molar-refractivity contribution is 0.0316. The van der Waals surface area contributed by atoms with E-state index < -0.39 is 21.8 Å². The Labute approximate surface area is 209 Å². The Morgan fingerprint density at radius 1 is 0.917 bits per heavy atom. The number of imide groups is 1. The number of amides is 2. The summed E-state index contributed by atoms with van der Waals surface area (Å²) in [5.41, 5.74) is 1.43. The maximum atomic E-state index is 13.3. The number of carbonyl (C=O) groups is 2. The number of methoxy groups -OCH3 is 1. The molecular weight excluding hydrogens is 482 g/mol. The molecule has 3 aromatic carbocycles. The number of morpholine rings is 1. The molecule has 1 N–H and O–H groups in total. The fourth-order valence-corrected chi connectivity index (χ4v) is 5.84. The summed E-state index contributed by atoms with van der Waals surface area (Å²) >= 11 is 0. The van der Waals surface area contributed by atoms with E-state index in [0.717, 1.165) is 18.7 Å². The van der Waals surface area contributed by atoms with Crippen LogP contribution in [0.5, 0.6) is 5.75 Å². The number of hydrogen-bond acceptors (Lipinski definition) is 7. The summed E-state index contributed by atoms with van der Waals surface area (Å²) in [6, 6.07) is 14.9. The third kappa shape index (κ3) is 4.60. The smallest absolute Gasteiger partial charge is 0.261 e. The second kappa shape index (κ2) is 9.98. The second-order valence-electron chi connectivity index (χ2n) is 8.73. The van der Waals surface area contributed by atoms with Crippen LogP contribution in [0.2, 0.25) is 0 Å². The van der Waals surface area contributed by atoms with Gasteiger partial charge >= 0.3 is 0 Å². The number of sulfonamides is 1. The van der Waals surface area contributed by atoms with E-state index in [4.69, 9.17) is 9.47 Å². The van der Waals surface area contributed by atoms with Crippen molar-refractivity contribution in [1.82, 2.24) is 14.5 Å². The van der Waals surface area contributed by atoms with E-state index >= 15 is 0 Å². The maximum Gasteiger partial charge on any atom is 0.261 e. The van der Waals surface area contributed by atoms with Crippen LogP contribution in [0, 0.1) is 0 Å². The van der Waals surface area contributed by atoms with Crippen molar-refractivity contribution in [3.63, 3.8) is 0 Å². The van der Waals surface area contributed by atoms with Gasteiger partial charge in [0.05, 0.1) is 25.2 Å². The molecule has 0 saturated carbocycles.